The highest BCUT2D eigenvalue weighted by Crippen LogP contribution is 2.52. The fraction of sp³-hybridized carbons (Fsp3) is 0.867. The van der Waals surface area contributed by atoms with Crippen molar-refractivity contribution in [1.82, 2.24) is 10.2 Å². The van der Waals surface area contributed by atoms with Gasteiger partial charge in [0.15, 0.2) is 0 Å². The zero-order valence-corrected chi connectivity index (χ0v) is 11.4. The molecular weight excluding hydrogens is 240 g/mol. The molecule has 1 spiro atoms. The van der Waals surface area contributed by atoms with Crippen LogP contribution in [0.3, 0.4) is 0 Å². The van der Waals surface area contributed by atoms with Crippen molar-refractivity contribution >= 4 is 11.8 Å². The van der Waals surface area contributed by atoms with Crippen LogP contribution in [0.25, 0.3) is 0 Å². The molecule has 0 aromatic rings. The summed E-state index contributed by atoms with van der Waals surface area (Å²) in [5.74, 6) is 0.162. The molecule has 2 amide bonds. The second-order valence-corrected chi connectivity index (χ2v) is 6.97. The number of amides is 2. The van der Waals surface area contributed by atoms with Gasteiger partial charge in [-0.15, -0.1) is 0 Å². The largest absolute Gasteiger partial charge is 0.352 e. The SMILES string of the molecule is O=C(NC1CC1)C1(C(=O)N2CCC23CCC3)CCC1. The van der Waals surface area contributed by atoms with Gasteiger partial charge in [-0.05, 0) is 51.4 Å². The zero-order chi connectivity index (χ0) is 13.1. The van der Waals surface area contributed by atoms with E-state index in [1.165, 1.54) is 6.42 Å². The van der Waals surface area contributed by atoms with Crippen molar-refractivity contribution < 1.29 is 9.59 Å². The van der Waals surface area contributed by atoms with Gasteiger partial charge >= 0.3 is 0 Å². The van der Waals surface area contributed by atoms with Gasteiger partial charge < -0.3 is 10.2 Å². The summed E-state index contributed by atoms with van der Waals surface area (Å²) in [5.41, 5.74) is -0.523. The number of hydrogen-bond donors (Lipinski definition) is 1. The van der Waals surface area contributed by atoms with Crippen molar-refractivity contribution in [1.29, 1.82) is 0 Å². The van der Waals surface area contributed by atoms with E-state index in [0.29, 0.717) is 6.04 Å². The Morgan fingerprint density at radius 1 is 1.00 bits per heavy atom. The minimum absolute atomic E-state index is 0.0209. The predicted octanol–water partition coefficient (Wildman–Crippen LogP) is 1.59. The van der Waals surface area contributed by atoms with E-state index in [2.05, 4.69) is 5.32 Å². The highest BCUT2D eigenvalue weighted by Gasteiger charge is 2.60. The molecule has 0 aromatic carbocycles. The summed E-state index contributed by atoms with van der Waals surface area (Å²) in [7, 11) is 0. The lowest BCUT2D eigenvalue weighted by atomic mass is 9.62. The number of carbonyl (C=O) groups is 2. The van der Waals surface area contributed by atoms with Crippen LogP contribution in [0.5, 0.6) is 0 Å². The summed E-state index contributed by atoms with van der Waals surface area (Å²) in [5, 5.41) is 3.06. The molecule has 4 nitrogen and oxygen atoms in total. The Morgan fingerprint density at radius 3 is 2.05 bits per heavy atom. The van der Waals surface area contributed by atoms with E-state index in [-0.39, 0.29) is 17.4 Å². The lowest BCUT2D eigenvalue weighted by molar-refractivity contribution is -0.176. The zero-order valence-electron chi connectivity index (χ0n) is 11.4. The number of rotatable bonds is 3. The fourth-order valence-electron chi connectivity index (χ4n) is 3.84. The third-order valence-electron chi connectivity index (χ3n) is 5.87. The first-order chi connectivity index (χ1) is 9.16. The lowest BCUT2D eigenvalue weighted by Crippen LogP contribution is -2.70. The van der Waals surface area contributed by atoms with Crippen LogP contribution in [-0.4, -0.2) is 34.8 Å². The average molecular weight is 262 g/mol. The molecule has 1 N–H and O–H groups in total. The first-order valence-electron chi connectivity index (χ1n) is 7.79. The van der Waals surface area contributed by atoms with Gasteiger partial charge in [-0.2, -0.15) is 0 Å². The third kappa shape index (κ3) is 1.52. The van der Waals surface area contributed by atoms with Crippen LogP contribution >= 0.6 is 0 Å². The summed E-state index contributed by atoms with van der Waals surface area (Å²) >= 11 is 0. The predicted molar refractivity (Wildman–Crippen MR) is 70.4 cm³/mol. The first-order valence-corrected chi connectivity index (χ1v) is 7.79. The Kier molecular flexibility index (Phi) is 2.31. The Hall–Kier alpha value is -1.06. The van der Waals surface area contributed by atoms with Gasteiger partial charge in [0, 0.05) is 18.1 Å². The summed E-state index contributed by atoms with van der Waals surface area (Å²) in [6.45, 7) is 0.872. The summed E-state index contributed by atoms with van der Waals surface area (Å²) in [6, 6.07) is 0.354. The highest BCUT2D eigenvalue weighted by atomic mass is 16.2. The highest BCUT2D eigenvalue weighted by molar-refractivity contribution is 6.06. The van der Waals surface area contributed by atoms with E-state index >= 15 is 0 Å². The number of nitrogens with zero attached hydrogens (tertiary/aromatic N) is 1. The van der Waals surface area contributed by atoms with E-state index in [1.54, 1.807) is 0 Å². The van der Waals surface area contributed by atoms with Crippen molar-refractivity contribution in [3.63, 3.8) is 0 Å². The first kappa shape index (κ1) is 11.7. The fourth-order valence-corrected chi connectivity index (χ4v) is 3.84. The van der Waals surface area contributed by atoms with Gasteiger partial charge in [0.25, 0.3) is 0 Å². The Labute approximate surface area is 113 Å². The number of carbonyl (C=O) groups excluding carboxylic acids is 2. The smallest absolute Gasteiger partial charge is 0.238 e. The van der Waals surface area contributed by atoms with E-state index in [9.17, 15) is 9.59 Å². The quantitative estimate of drug-likeness (QED) is 0.785. The Morgan fingerprint density at radius 2 is 1.68 bits per heavy atom. The van der Waals surface area contributed by atoms with Crippen LogP contribution in [0.1, 0.15) is 57.8 Å². The van der Waals surface area contributed by atoms with Crippen LogP contribution in [-0.2, 0) is 9.59 Å². The molecule has 0 radical (unpaired) electrons. The molecule has 104 valence electrons. The topological polar surface area (TPSA) is 49.4 Å². The molecule has 0 bridgehead atoms. The maximum absolute atomic E-state index is 12.8. The second-order valence-electron chi connectivity index (χ2n) is 6.97. The van der Waals surface area contributed by atoms with Crippen molar-refractivity contribution in [2.75, 3.05) is 6.54 Å². The molecule has 1 aliphatic heterocycles. The van der Waals surface area contributed by atoms with Crippen molar-refractivity contribution in [2.24, 2.45) is 5.41 Å². The molecule has 4 rings (SSSR count). The molecule has 3 aliphatic carbocycles. The van der Waals surface area contributed by atoms with Crippen molar-refractivity contribution in [3.8, 4) is 0 Å². The Balaban J connectivity index is 1.51. The molecule has 0 aromatic heterocycles. The van der Waals surface area contributed by atoms with Gasteiger partial charge in [-0.3, -0.25) is 9.59 Å². The number of likely N-dealkylation sites (tertiary alicyclic amines) is 1. The van der Waals surface area contributed by atoms with E-state index < -0.39 is 5.41 Å². The van der Waals surface area contributed by atoms with Gasteiger partial charge in [0.1, 0.15) is 5.41 Å². The molecule has 4 aliphatic rings. The summed E-state index contributed by atoms with van der Waals surface area (Å²) < 4.78 is 0. The number of nitrogens with one attached hydrogen (secondary N) is 1. The maximum atomic E-state index is 12.8. The monoisotopic (exact) mass is 262 g/mol. The standard InChI is InChI=1S/C15H22N2O2/c18-12(16-11-3-4-11)15(7-2-8-15)13(19)17-10-9-14(17)5-1-6-14/h11H,1-10H2,(H,16,18). The van der Waals surface area contributed by atoms with Crippen LogP contribution < -0.4 is 5.32 Å². The lowest BCUT2D eigenvalue weighted by Gasteiger charge is -2.61. The molecule has 3 saturated carbocycles. The van der Waals surface area contributed by atoms with Gasteiger partial charge in [-0.1, -0.05) is 6.42 Å². The molecule has 4 heteroatoms. The molecule has 0 atom stereocenters. The Bertz CT molecular complexity index is 428. The van der Waals surface area contributed by atoms with Crippen LogP contribution in [0.2, 0.25) is 0 Å². The van der Waals surface area contributed by atoms with Gasteiger partial charge in [0.05, 0.1) is 0 Å². The normalized spacial score (nSPS) is 30.0. The van der Waals surface area contributed by atoms with Crippen LogP contribution in [0, 0.1) is 5.41 Å². The molecule has 0 unspecified atom stereocenters. The molecule has 19 heavy (non-hydrogen) atoms. The third-order valence-corrected chi connectivity index (χ3v) is 5.87. The van der Waals surface area contributed by atoms with Crippen LogP contribution in [0.4, 0.5) is 0 Å². The number of hydrogen-bond acceptors (Lipinski definition) is 2. The summed E-state index contributed by atoms with van der Waals surface area (Å²) in [6.07, 6.45) is 9.41. The molecule has 1 heterocycles. The molecular formula is C15H22N2O2. The minimum Gasteiger partial charge on any atom is -0.352 e. The second kappa shape index (κ2) is 3.74. The van der Waals surface area contributed by atoms with E-state index in [4.69, 9.17) is 0 Å². The van der Waals surface area contributed by atoms with Crippen LogP contribution in [0.15, 0.2) is 0 Å². The maximum Gasteiger partial charge on any atom is 0.238 e. The average Bonchev–Trinajstić information content (AvgIpc) is 2.95. The van der Waals surface area contributed by atoms with E-state index in [1.807, 2.05) is 4.90 Å². The minimum atomic E-state index is -0.689. The van der Waals surface area contributed by atoms with Gasteiger partial charge in [0.2, 0.25) is 11.8 Å². The summed E-state index contributed by atoms with van der Waals surface area (Å²) in [4.78, 5) is 27.3. The van der Waals surface area contributed by atoms with Crippen molar-refractivity contribution in [3.05, 3.63) is 0 Å². The molecule has 1 saturated heterocycles. The van der Waals surface area contributed by atoms with Crippen molar-refractivity contribution in [2.45, 2.75) is 69.4 Å². The molecule has 4 fully saturated rings. The van der Waals surface area contributed by atoms with Gasteiger partial charge in [-0.25, -0.2) is 0 Å². The van der Waals surface area contributed by atoms with E-state index in [0.717, 1.165) is 57.9 Å².